The average Bonchev–Trinajstić information content (AvgIpc) is 2.87. The van der Waals surface area contributed by atoms with Crippen molar-refractivity contribution in [2.45, 2.75) is 62.5 Å². The summed E-state index contributed by atoms with van der Waals surface area (Å²) in [4.78, 5) is 16.1. The number of nitrogens with one attached hydrogen (secondary N) is 2. The van der Waals surface area contributed by atoms with Crippen LogP contribution in [0.2, 0.25) is 0 Å². The summed E-state index contributed by atoms with van der Waals surface area (Å²) in [6, 6.07) is 10.6. The lowest BCUT2D eigenvalue weighted by Gasteiger charge is -2.39. The maximum atomic E-state index is 6.17. The molecule has 0 unspecified atom stereocenters. The van der Waals surface area contributed by atoms with Gasteiger partial charge in [-0.15, -0.1) is 0 Å². The highest BCUT2D eigenvalue weighted by Gasteiger charge is 2.34. The van der Waals surface area contributed by atoms with Crippen LogP contribution in [0, 0.1) is 0 Å². The van der Waals surface area contributed by atoms with Gasteiger partial charge in [0.25, 0.3) is 0 Å². The lowest BCUT2D eigenvalue weighted by Crippen LogP contribution is -2.46. The van der Waals surface area contributed by atoms with Gasteiger partial charge >= 0.3 is 0 Å². The van der Waals surface area contributed by atoms with E-state index in [1.807, 2.05) is 30.5 Å². The summed E-state index contributed by atoms with van der Waals surface area (Å²) >= 11 is 0. The second kappa shape index (κ2) is 9.58. The average molecular weight is 491 g/mol. The Kier molecular flexibility index (Phi) is 6.13. The molecule has 2 aromatic heterocycles. The number of benzene rings is 1. The van der Waals surface area contributed by atoms with E-state index in [1.54, 1.807) is 13.3 Å². The summed E-state index contributed by atoms with van der Waals surface area (Å²) in [5.74, 6) is 3.98. The van der Waals surface area contributed by atoms with Gasteiger partial charge in [-0.3, -0.25) is 4.98 Å². The molecule has 0 radical (unpaired) electrons. The zero-order valence-electron chi connectivity index (χ0n) is 21.2. The van der Waals surface area contributed by atoms with E-state index >= 15 is 0 Å². The molecule has 8 heteroatoms. The Morgan fingerprint density at radius 2 is 1.72 bits per heavy atom. The van der Waals surface area contributed by atoms with E-state index in [-0.39, 0.29) is 8.96 Å². The molecule has 2 bridgehead atoms. The largest absolute Gasteiger partial charge is 0.493 e. The predicted octanol–water partition coefficient (Wildman–Crippen LogP) is 6.09. The Morgan fingerprint density at radius 1 is 0.917 bits per heavy atom. The van der Waals surface area contributed by atoms with E-state index in [4.69, 9.17) is 14.5 Å². The SMILES string of the molecule is COc1cc(Nc2nccc(Nc3cnc4c(c3)C3CCC4CC3)n2)ccc1OC1CC(N(C)C)C1.[HH].[HH]. The molecule has 0 amide bonds. The highest BCUT2D eigenvalue weighted by Crippen LogP contribution is 2.49. The summed E-state index contributed by atoms with van der Waals surface area (Å²) in [5, 5.41) is 6.70. The van der Waals surface area contributed by atoms with Gasteiger partial charge in [0.2, 0.25) is 5.95 Å². The number of pyridine rings is 1. The second-order valence-corrected chi connectivity index (χ2v) is 10.5. The summed E-state index contributed by atoms with van der Waals surface area (Å²) in [6.45, 7) is 0. The van der Waals surface area contributed by atoms with Gasteiger partial charge in [0.05, 0.1) is 19.0 Å². The third kappa shape index (κ3) is 4.57. The number of aromatic nitrogens is 3. The van der Waals surface area contributed by atoms with Crippen LogP contribution in [0.3, 0.4) is 0 Å². The van der Waals surface area contributed by atoms with Gasteiger partial charge in [-0.25, -0.2) is 4.98 Å². The molecule has 1 aromatic carbocycles. The third-order valence-electron chi connectivity index (χ3n) is 7.94. The third-order valence-corrected chi connectivity index (χ3v) is 7.94. The topological polar surface area (TPSA) is 84.4 Å². The summed E-state index contributed by atoms with van der Waals surface area (Å²) < 4.78 is 11.8. The molecule has 2 saturated carbocycles. The van der Waals surface area contributed by atoms with Crippen molar-refractivity contribution >= 4 is 23.1 Å². The number of rotatable bonds is 8. The molecule has 3 aromatic rings. The van der Waals surface area contributed by atoms with E-state index in [2.05, 4.69) is 45.7 Å². The van der Waals surface area contributed by atoms with Crippen molar-refractivity contribution in [1.82, 2.24) is 19.9 Å². The van der Waals surface area contributed by atoms with Crippen LogP contribution in [0.25, 0.3) is 0 Å². The molecule has 0 saturated heterocycles. The first-order valence-corrected chi connectivity index (χ1v) is 12.9. The molecule has 2 fully saturated rings. The number of hydrogen-bond acceptors (Lipinski definition) is 8. The smallest absolute Gasteiger partial charge is 0.229 e. The fourth-order valence-electron chi connectivity index (χ4n) is 5.75. The van der Waals surface area contributed by atoms with Crippen LogP contribution in [-0.4, -0.2) is 53.2 Å². The van der Waals surface area contributed by atoms with Crippen molar-refractivity contribution < 1.29 is 12.3 Å². The summed E-state index contributed by atoms with van der Waals surface area (Å²) in [5.41, 5.74) is 4.54. The molecule has 8 nitrogen and oxygen atoms in total. The van der Waals surface area contributed by atoms with Gasteiger partial charge in [-0.1, -0.05) is 0 Å². The van der Waals surface area contributed by atoms with Gasteiger partial charge in [0.1, 0.15) is 11.9 Å². The Balaban J connectivity index is 0.00000168. The highest BCUT2D eigenvalue weighted by molar-refractivity contribution is 5.62. The second-order valence-electron chi connectivity index (χ2n) is 10.5. The van der Waals surface area contributed by atoms with Crippen LogP contribution >= 0.6 is 0 Å². The molecule has 0 atom stereocenters. The number of hydrogen-bond donors (Lipinski definition) is 2. The van der Waals surface area contributed by atoms with E-state index in [0.29, 0.717) is 29.6 Å². The van der Waals surface area contributed by atoms with Gasteiger partial charge in [0, 0.05) is 38.5 Å². The van der Waals surface area contributed by atoms with Crippen molar-refractivity contribution in [1.29, 1.82) is 0 Å². The molecule has 0 aliphatic heterocycles. The molecule has 2 heterocycles. The number of anilines is 4. The quantitative estimate of drug-likeness (QED) is 0.393. The number of ether oxygens (including phenoxy) is 2. The van der Waals surface area contributed by atoms with Crippen LogP contribution in [0.15, 0.2) is 42.7 Å². The maximum Gasteiger partial charge on any atom is 0.229 e. The Labute approximate surface area is 215 Å². The van der Waals surface area contributed by atoms with Gasteiger partial charge < -0.3 is 25.0 Å². The molecule has 4 aliphatic rings. The van der Waals surface area contributed by atoms with E-state index in [1.165, 1.54) is 36.9 Å². The monoisotopic (exact) mass is 490 g/mol. The molecule has 4 aliphatic carbocycles. The van der Waals surface area contributed by atoms with Crippen LogP contribution in [-0.2, 0) is 0 Å². The van der Waals surface area contributed by atoms with Gasteiger partial charge in [-0.2, -0.15) is 4.98 Å². The minimum Gasteiger partial charge on any atom is -0.493 e. The normalized spacial score (nSPS) is 24.1. The lowest BCUT2D eigenvalue weighted by molar-refractivity contribution is 0.0383. The molecule has 192 valence electrons. The molecule has 7 rings (SSSR count). The van der Waals surface area contributed by atoms with Gasteiger partial charge in [0.15, 0.2) is 11.5 Å². The number of methoxy groups -OCH3 is 1. The van der Waals surface area contributed by atoms with Crippen molar-refractivity contribution in [3.05, 3.63) is 54.0 Å². The first-order valence-electron chi connectivity index (χ1n) is 12.9. The minimum absolute atomic E-state index is 0. The van der Waals surface area contributed by atoms with E-state index in [0.717, 1.165) is 35.8 Å². The first kappa shape index (κ1) is 23.0. The number of fused-ring (bicyclic) bond motifs is 2. The maximum absolute atomic E-state index is 6.17. The summed E-state index contributed by atoms with van der Waals surface area (Å²) in [7, 11) is 5.89. The van der Waals surface area contributed by atoms with Crippen molar-refractivity contribution in [2.24, 2.45) is 0 Å². The standard InChI is InChI=1S/C28H34N6O2.2H2/c1-34(2)21-14-22(15-21)36-24-9-8-19(13-25(24)35-3)32-28-29-11-10-26(33-28)31-20-12-23-17-4-6-18(7-5-17)27(23)30-16-20;;/h8-13,16-18,21-22H,4-7,14-15H2,1-3H3,(H2,29,31,32,33);2*1H. The Morgan fingerprint density at radius 3 is 2.50 bits per heavy atom. The zero-order chi connectivity index (χ0) is 24.6. The van der Waals surface area contributed by atoms with E-state index < -0.39 is 0 Å². The molecule has 2 N–H and O–H groups in total. The zero-order valence-corrected chi connectivity index (χ0v) is 21.2. The van der Waals surface area contributed by atoms with Crippen LogP contribution < -0.4 is 20.1 Å². The van der Waals surface area contributed by atoms with Crippen molar-refractivity contribution in [2.75, 3.05) is 31.8 Å². The lowest BCUT2D eigenvalue weighted by atomic mass is 9.69. The fraction of sp³-hybridized carbons (Fsp3) is 0.464. The first-order chi connectivity index (χ1) is 17.6. The minimum atomic E-state index is 0. The molecule has 0 spiro atoms. The fourth-order valence-corrected chi connectivity index (χ4v) is 5.75. The molecular weight excluding hydrogens is 452 g/mol. The van der Waals surface area contributed by atoms with Crippen molar-refractivity contribution in [3.8, 4) is 11.5 Å². The van der Waals surface area contributed by atoms with Crippen molar-refractivity contribution in [3.63, 3.8) is 0 Å². The van der Waals surface area contributed by atoms with Gasteiger partial charge in [-0.05, 0) is 88.4 Å². The summed E-state index contributed by atoms with van der Waals surface area (Å²) in [6.07, 6.45) is 11.1. The Bertz CT molecular complexity index is 1250. The molecular formula is C28H38N6O2. The predicted molar refractivity (Wildman–Crippen MR) is 145 cm³/mol. The highest BCUT2D eigenvalue weighted by atomic mass is 16.5. The molecule has 36 heavy (non-hydrogen) atoms. The number of nitrogens with zero attached hydrogens (tertiary/aromatic N) is 4. The Hall–Kier alpha value is -3.39. The van der Waals surface area contributed by atoms with E-state index in [9.17, 15) is 0 Å². The van der Waals surface area contributed by atoms with Crippen LogP contribution in [0.1, 0.15) is 64.5 Å². The van der Waals surface area contributed by atoms with Crippen LogP contribution in [0.4, 0.5) is 23.1 Å². The van der Waals surface area contributed by atoms with Crippen LogP contribution in [0.5, 0.6) is 11.5 Å².